The summed E-state index contributed by atoms with van der Waals surface area (Å²) in [4.78, 5) is 20.0. The summed E-state index contributed by atoms with van der Waals surface area (Å²) in [6.07, 6.45) is 0. The van der Waals surface area contributed by atoms with Crippen LogP contribution < -0.4 is 0 Å². The molecule has 126 valence electrons. The largest absolute Gasteiger partial charge is 0.476 e. The van der Waals surface area contributed by atoms with Crippen LogP contribution in [-0.2, 0) is 4.79 Å². The number of carbonyl (C=O) groups is 1. The lowest BCUT2D eigenvalue weighted by molar-refractivity contribution is -0.129. The van der Waals surface area contributed by atoms with Crippen molar-refractivity contribution < 1.29 is 15.1 Å². The van der Waals surface area contributed by atoms with E-state index in [0.29, 0.717) is 32.6 Å². The van der Waals surface area contributed by atoms with E-state index in [-0.39, 0.29) is 12.3 Å². The molecule has 1 aliphatic heterocycles. The Morgan fingerprint density at radius 2 is 1.88 bits per heavy atom. The first-order chi connectivity index (χ1) is 12.0. The van der Waals surface area contributed by atoms with Crippen LogP contribution in [0.25, 0.3) is 0 Å². The molecular weight excluding hydrogens is 365 g/mol. The molecule has 0 saturated carbocycles. The number of fused-ring (bicyclic) bond motifs is 1. The van der Waals surface area contributed by atoms with E-state index in [0.717, 1.165) is 0 Å². The first-order valence-corrected chi connectivity index (χ1v) is 7.89. The summed E-state index contributed by atoms with van der Waals surface area (Å²) in [7, 11) is 0. The van der Waals surface area contributed by atoms with E-state index in [4.69, 9.17) is 28.4 Å². The molecule has 0 aromatic heterocycles. The van der Waals surface area contributed by atoms with Gasteiger partial charge in [0.2, 0.25) is 5.71 Å². The van der Waals surface area contributed by atoms with Gasteiger partial charge in [0, 0.05) is 21.2 Å². The van der Waals surface area contributed by atoms with Crippen molar-refractivity contribution in [3.8, 4) is 0 Å². The highest BCUT2D eigenvalue weighted by Crippen LogP contribution is 2.30. The molecule has 2 N–H and O–H groups in total. The number of hydrogen-bond donors (Lipinski definition) is 2. The zero-order chi connectivity index (χ0) is 18.0. The van der Waals surface area contributed by atoms with Gasteiger partial charge in [-0.1, -0.05) is 46.6 Å². The lowest BCUT2D eigenvalue weighted by atomic mass is 10.0. The first kappa shape index (κ1) is 17.1. The van der Waals surface area contributed by atoms with Crippen LogP contribution >= 0.6 is 23.2 Å². The summed E-state index contributed by atoms with van der Waals surface area (Å²) < 4.78 is 0. The van der Waals surface area contributed by atoms with Gasteiger partial charge in [-0.2, -0.15) is 0 Å². The Labute approximate surface area is 152 Å². The Bertz CT molecular complexity index is 952. The van der Waals surface area contributed by atoms with E-state index < -0.39 is 11.7 Å². The molecule has 0 bridgehead atoms. The number of hydrogen-bond acceptors (Lipinski definition) is 5. The van der Waals surface area contributed by atoms with E-state index in [2.05, 4.69) is 15.1 Å². The number of carboxylic acids is 1. The van der Waals surface area contributed by atoms with Crippen LogP contribution in [0.4, 0.5) is 5.69 Å². The zero-order valence-electron chi connectivity index (χ0n) is 12.6. The molecule has 2 aromatic carbocycles. The summed E-state index contributed by atoms with van der Waals surface area (Å²) in [5.74, 6) is -1.40. The molecule has 0 spiro atoms. The summed E-state index contributed by atoms with van der Waals surface area (Å²) in [5, 5.41) is 22.0. The number of oxime groups is 1. The topological polar surface area (TPSA) is 94.6 Å². The van der Waals surface area contributed by atoms with Crippen molar-refractivity contribution >= 4 is 52.0 Å². The predicted octanol–water partition coefficient (Wildman–Crippen LogP) is 3.83. The molecule has 6 nitrogen and oxygen atoms in total. The Kier molecular flexibility index (Phi) is 4.83. The molecule has 1 aliphatic rings. The molecule has 3 rings (SSSR count). The van der Waals surface area contributed by atoms with E-state index in [1.807, 2.05) is 6.07 Å². The van der Waals surface area contributed by atoms with Crippen LogP contribution in [0.2, 0.25) is 10.0 Å². The van der Waals surface area contributed by atoms with Crippen molar-refractivity contribution in [1.82, 2.24) is 0 Å². The molecule has 2 aromatic rings. The molecule has 0 radical (unpaired) electrons. The minimum Gasteiger partial charge on any atom is -0.476 e. The van der Waals surface area contributed by atoms with Crippen molar-refractivity contribution in [2.24, 2.45) is 15.1 Å². The third-order valence-electron chi connectivity index (χ3n) is 3.56. The van der Waals surface area contributed by atoms with Crippen LogP contribution in [0, 0.1) is 0 Å². The van der Waals surface area contributed by atoms with Gasteiger partial charge >= 0.3 is 5.97 Å². The lowest BCUT2D eigenvalue weighted by Gasteiger charge is -2.10. The van der Waals surface area contributed by atoms with Crippen molar-refractivity contribution in [2.45, 2.75) is 0 Å². The molecule has 0 fully saturated rings. The van der Waals surface area contributed by atoms with E-state index in [1.54, 1.807) is 36.4 Å². The van der Waals surface area contributed by atoms with Crippen molar-refractivity contribution in [3.63, 3.8) is 0 Å². The molecule has 0 amide bonds. The van der Waals surface area contributed by atoms with Crippen molar-refractivity contribution in [2.75, 3.05) is 6.54 Å². The second kappa shape index (κ2) is 7.04. The molecule has 0 unspecified atom stereocenters. The van der Waals surface area contributed by atoms with E-state index in [9.17, 15) is 9.90 Å². The number of rotatable bonds is 3. The second-order valence-corrected chi connectivity index (χ2v) is 5.96. The van der Waals surface area contributed by atoms with Crippen LogP contribution in [-0.4, -0.2) is 40.0 Å². The number of aliphatic carboxylic acids is 1. The van der Waals surface area contributed by atoms with Crippen molar-refractivity contribution in [1.29, 1.82) is 0 Å². The van der Waals surface area contributed by atoms with Crippen LogP contribution in [0.3, 0.4) is 0 Å². The SMILES string of the molecule is O=C(O)/C(=N\O)C1=Nc2ccc(Cl)cc2C(c2ccccc2Cl)=NC1. The van der Waals surface area contributed by atoms with Gasteiger partial charge in [-0.25, -0.2) is 9.79 Å². The van der Waals surface area contributed by atoms with Gasteiger partial charge in [-0.15, -0.1) is 0 Å². The van der Waals surface area contributed by atoms with Gasteiger partial charge < -0.3 is 10.3 Å². The Hall–Kier alpha value is -2.70. The maximum atomic E-state index is 11.3. The van der Waals surface area contributed by atoms with Gasteiger partial charge in [0.1, 0.15) is 0 Å². The minimum absolute atomic E-state index is 0.0284. The van der Waals surface area contributed by atoms with Crippen LogP contribution in [0.5, 0.6) is 0 Å². The van der Waals surface area contributed by atoms with Gasteiger partial charge in [0.15, 0.2) is 0 Å². The Morgan fingerprint density at radius 3 is 2.56 bits per heavy atom. The quantitative estimate of drug-likeness (QED) is 0.484. The Morgan fingerprint density at radius 1 is 1.12 bits per heavy atom. The third kappa shape index (κ3) is 3.40. The average molecular weight is 376 g/mol. The van der Waals surface area contributed by atoms with E-state index in [1.165, 1.54) is 0 Å². The number of aliphatic imine (C=N–C) groups is 2. The monoisotopic (exact) mass is 375 g/mol. The van der Waals surface area contributed by atoms with Gasteiger partial charge in [-0.3, -0.25) is 4.99 Å². The number of nitrogens with zero attached hydrogens (tertiary/aromatic N) is 3. The highest BCUT2D eigenvalue weighted by atomic mass is 35.5. The highest BCUT2D eigenvalue weighted by Gasteiger charge is 2.23. The molecule has 0 aliphatic carbocycles. The minimum atomic E-state index is -1.40. The third-order valence-corrected chi connectivity index (χ3v) is 4.13. The van der Waals surface area contributed by atoms with Gasteiger partial charge in [-0.05, 0) is 24.3 Å². The molecule has 0 saturated heterocycles. The fourth-order valence-corrected chi connectivity index (χ4v) is 2.85. The summed E-state index contributed by atoms with van der Waals surface area (Å²) >= 11 is 12.4. The number of halogens is 2. The molecular formula is C17H11Cl2N3O3. The normalized spacial score (nSPS) is 14.2. The maximum absolute atomic E-state index is 11.3. The smallest absolute Gasteiger partial charge is 0.359 e. The zero-order valence-corrected chi connectivity index (χ0v) is 14.2. The predicted molar refractivity (Wildman–Crippen MR) is 97.4 cm³/mol. The van der Waals surface area contributed by atoms with Gasteiger partial charge in [0.05, 0.1) is 23.7 Å². The molecule has 0 atom stereocenters. The van der Waals surface area contributed by atoms with Crippen molar-refractivity contribution in [3.05, 3.63) is 63.6 Å². The first-order valence-electron chi connectivity index (χ1n) is 7.14. The molecule has 8 heteroatoms. The van der Waals surface area contributed by atoms with E-state index >= 15 is 0 Å². The average Bonchev–Trinajstić information content (AvgIpc) is 2.75. The number of benzene rings is 2. The maximum Gasteiger partial charge on any atom is 0.359 e. The lowest BCUT2D eigenvalue weighted by Crippen LogP contribution is -2.26. The number of carboxylic acid groups (broad SMARTS) is 1. The summed E-state index contributed by atoms with van der Waals surface area (Å²) in [5.41, 5.74) is 1.73. The van der Waals surface area contributed by atoms with Crippen LogP contribution in [0.1, 0.15) is 11.1 Å². The summed E-state index contributed by atoms with van der Waals surface area (Å²) in [6.45, 7) is -0.0848. The molecule has 25 heavy (non-hydrogen) atoms. The highest BCUT2D eigenvalue weighted by molar-refractivity contribution is 6.66. The fraction of sp³-hybridized carbons (Fsp3) is 0.0588. The second-order valence-electron chi connectivity index (χ2n) is 5.12. The van der Waals surface area contributed by atoms with Gasteiger partial charge in [0.25, 0.3) is 0 Å². The summed E-state index contributed by atoms with van der Waals surface area (Å²) in [6, 6.07) is 12.1. The fourth-order valence-electron chi connectivity index (χ4n) is 2.45. The molecule has 1 heterocycles. The van der Waals surface area contributed by atoms with Crippen LogP contribution in [0.15, 0.2) is 57.6 Å². The standard InChI is InChI=1S/C17H11Cl2N3O3/c18-9-5-6-13-11(7-9)15(10-3-1-2-4-12(10)19)20-8-14(21-13)16(22-25)17(23)24/h1-7,25H,8H2,(H,23,24)/b22-16-. The Balaban J connectivity index is 2.22.